The molecule has 10 N–H and O–H groups in total. The van der Waals surface area contributed by atoms with Crippen LogP contribution in [0.1, 0.15) is 67.4 Å². The normalized spacial score (nSPS) is 12.6. The van der Waals surface area contributed by atoms with Crippen molar-refractivity contribution in [2.45, 2.75) is 118 Å². The lowest BCUT2D eigenvalue weighted by atomic mass is 10.3. The number of rotatable bonds is 48. The summed E-state index contributed by atoms with van der Waals surface area (Å²) < 4.78 is 86.0. The topological polar surface area (TPSA) is 477 Å². The van der Waals surface area contributed by atoms with Crippen molar-refractivity contribution in [3.05, 3.63) is 113 Å². The van der Waals surface area contributed by atoms with Crippen molar-refractivity contribution in [2.75, 3.05) is 139 Å². The highest BCUT2D eigenvalue weighted by Gasteiger charge is 2.16. The van der Waals surface area contributed by atoms with Crippen molar-refractivity contribution in [1.82, 2.24) is 5.32 Å². The van der Waals surface area contributed by atoms with Crippen LogP contribution >= 0.6 is 0 Å². The number of amides is 1. The van der Waals surface area contributed by atoms with Crippen LogP contribution in [0.4, 0.5) is 0 Å². The number of aliphatic hydroxyl groups is 9. The molecule has 33 nitrogen and oxygen atoms in total. The van der Waals surface area contributed by atoms with E-state index in [9.17, 15) is 73.8 Å². The summed E-state index contributed by atoms with van der Waals surface area (Å²) in [5.41, 5.74) is 0.701. The summed E-state index contributed by atoms with van der Waals surface area (Å²) in [4.78, 5) is 95.9. The lowest BCUT2D eigenvalue weighted by Gasteiger charge is -2.17. The fourth-order valence-electron chi connectivity index (χ4n) is 4.57. The van der Waals surface area contributed by atoms with Crippen LogP contribution in [0.3, 0.4) is 0 Å². The average Bonchev–Trinajstić information content (AvgIpc) is 1.40. The molecule has 0 aromatic rings. The monoisotopic (exact) mass is 1440 g/mol. The number of aliphatic hydroxyl groups excluding tert-OH is 9. The van der Waals surface area contributed by atoms with E-state index in [4.69, 9.17) is 47.9 Å². The van der Waals surface area contributed by atoms with Gasteiger partial charge in [0, 0.05) is 58.3 Å². The molecule has 0 aliphatic rings. The Balaban J connectivity index is -0.000000149. The number of hydrogen-bond donors (Lipinski definition) is 10. The molecule has 9 unspecified atom stereocenters. The van der Waals surface area contributed by atoms with Gasteiger partial charge < -0.3 is 118 Å². The van der Waals surface area contributed by atoms with E-state index in [1.54, 1.807) is 41.5 Å². The predicted molar refractivity (Wildman–Crippen MR) is 362 cm³/mol. The van der Waals surface area contributed by atoms with Gasteiger partial charge in [-0.1, -0.05) is 87.8 Å². The molecule has 0 aromatic heterocycles. The second-order valence-corrected chi connectivity index (χ2v) is 18.5. The van der Waals surface area contributed by atoms with Gasteiger partial charge in [-0.25, -0.2) is 38.4 Å². The van der Waals surface area contributed by atoms with Gasteiger partial charge in [0.2, 0.25) is 5.91 Å². The Morgan fingerprint density at radius 2 is 0.596 bits per heavy atom. The van der Waals surface area contributed by atoms with Crippen LogP contribution in [0.25, 0.3) is 0 Å². The lowest BCUT2D eigenvalue weighted by molar-refractivity contribution is -0.144. The average molecular weight is 1440 g/mol. The largest absolute Gasteiger partial charge is 0.460 e. The van der Waals surface area contributed by atoms with Gasteiger partial charge in [0.05, 0.1) is 97.6 Å². The number of carbonyl (C=O) groups is 9. The van der Waals surface area contributed by atoms with Crippen LogP contribution < -0.4 is 5.32 Å². The number of ether oxygens (including phenoxy) is 14. The van der Waals surface area contributed by atoms with Crippen LogP contribution in [0.15, 0.2) is 113 Å². The predicted octanol–water partition coefficient (Wildman–Crippen LogP) is 0.540. The third-order valence-corrected chi connectivity index (χ3v) is 9.16. The third-order valence-electron chi connectivity index (χ3n) is 9.16. The minimum atomic E-state index is -0.953. The van der Waals surface area contributed by atoms with E-state index in [0.717, 1.165) is 42.5 Å². The van der Waals surface area contributed by atoms with E-state index in [0.29, 0.717) is 24.6 Å². The van der Waals surface area contributed by atoms with Crippen LogP contribution in [-0.4, -0.2) is 293 Å². The molecule has 99 heavy (non-hydrogen) atoms. The standard InChI is InChI=1S/3C15H24O8.2C6H10O3.C5H9NO2.C2H6.2CH4/c3*1-4-14(18)22-9-12(16)7-20-6-11(3)21-8-13(17)10-23-15(19)5-2;2*1-5(2)6(8)9-4-3-7;1-2-5(8)6-3-4-7;1-2;;/h3*4-5,11-13,16-17H,1-2,6-10H2,3H3;2*7H,1,3-4H2,2H3;2,7H,1,3-4H2,(H,6,8);1-2H3;2*1H4/i;;;;;;3*1D. The maximum atomic E-state index is 10.8. The molecule has 1 amide bonds. The van der Waals surface area contributed by atoms with Gasteiger partial charge in [-0.15, -0.1) is 0 Å². The Bertz CT molecular complexity index is 2040. The van der Waals surface area contributed by atoms with E-state index in [-0.39, 0.29) is 156 Å². The van der Waals surface area contributed by atoms with Crippen molar-refractivity contribution < 1.29 is 160 Å². The Morgan fingerprint density at radius 3 is 0.768 bits per heavy atom. The third kappa shape index (κ3) is 88.3. The zero-order valence-electron chi connectivity index (χ0n) is 61.6. The second-order valence-electron chi connectivity index (χ2n) is 18.5. The van der Waals surface area contributed by atoms with Crippen molar-refractivity contribution in [1.29, 1.82) is 0 Å². The molecule has 576 valence electrons. The molecular formula is C66H115NO32. The van der Waals surface area contributed by atoms with Gasteiger partial charge in [-0.2, -0.15) is 0 Å². The molecule has 0 aliphatic heterocycles. The fourth-order valence-corrected chi connectivity index (χ4v) is 4.57. The first kappa shape index (κ1) is 102. The van der Waals surface area contributed by atoms with Gasteiger partial charge in [0.25, 0.3) is 0 Å². The molecule has 9 atom stereocenters. The van der Waals surface area contributed by atoms with Crippen LogP contribution in [0.2, 0.25) is 0 Å². The van der Waals surface area contributed by atoms with E-state index in [1.165, 1.54) is 14.8 Å². The van der Waals surface area contributed by atoms with Gasteiger partial charge in [-0.3, -0.25) is 4.79 Å². The van der Waals surface area contributed by atoms with E-state index in [1.807, 2.05) is 0 Å². The molecule has 0 aliphatic carbocycles. The van der Waals surface area contributed by atoms with Crippen molar-refractivity contribution in [2.24, 2.45) is 0 Å². The van der Waals surface area contributed by atoms with Crippen LogP contribution in [0, 0.1) is 0 Å². The number of nitrogens with one attached hydrogen (secondary N) is 1. The minimum Gasteiger partial charge on any atom is -0.460 e. The molecule has 0 rings (SSSR count). The molecule has 33 heteroatoms. The van der Waals surface area contributed by atoms with E-state index < -0.39 is 84.4 Å². The van der Waals surface area contributed by atoms with Crippen molar-refractivity contribution in [3.8, 4) is 0 Å². The molecular weight excluding hydrogens is 1320 g/mol. The number of hydrogen-bond acceptors (Lipinski definition) is 32. The Morgan fingerprint density at radius 1 is 0.384 bits per heavy atom. The van der Waals surface area contributed by atoms with Gasteiger partial charge in [0.1, 0.15) is 89.5 Å². The molecule has 0 heterocycles. The molecule has 0 bridgehead atoms. The first-order chi connectivity index (χ1) is 48.2. The molecule has 0 saturated carbocycles. The molecule has 0 spiro atoms. The SMILES string of the molecule is C=C(C)C(=O)OCCO.C=C(C)C(=O)OCCO.C=CC(=O)NCCO.C=CC(=O)OCC(O)COCC(C)OCC(O)COC(=O)C=C.C=CC(=O)OCC(O)COCC(C)OCC(O)COC(=O)C=C.C=CC(=O)OCC(O)COCC(C)OCC(O)COC(=O)C=C.[2H]C.[2H]C.[2H]CC. The summed E-state index contributed by atoms with van der Waals surface area (Å²) in [7, 11) is 2.50. The number of carbonyl (C=O) groups excluding carboxylic acids is 9. The first-order valence-corrected chi connectivity index (χ1v) is 29.3. The van der Waals surface area contributed by atoms with Gasteiger partial charge in [0.15, 0.2) is 0 Å². The van der Waals surface area contributed by atoms with Gasteiger partial charge in [-0.05, 0) is 40.7 Å². The fraction of sp³-hybridized carbons (Fsp3) is 0.591. The highest BCUT2D eigenvalue weighted by molar-refractivity contribution is 5.88. The lowest BCUT2D eigenvalue weighted by Crippen LogP contribution is -2.29. The summed E-state index contributed by atoms with van der Waals surface area (Å²) in [5.74, 6) is -4.87. The summed E-state index contributed by atoms with van der Waals surface area (Å²) in [5, 5.41) is 84.0. The zero-order chi connectivity index (χ0) is 80.7. The Labute approximate surface area is 586 Å². The summed E-state index contributed by atoms with van der Waals surface area (Å²) in [6.45, 7) is 39.1. The van der Waals surface area contributed by atoms with Crippen molar-refractivity contribution in [3.63, 3.8) is 0 Å². The van der Waals surface area contributed by atoms with E-state index >= 15 is 0 Å². The van der Waals surface area contributed by atoms with Crippen molar-refractivity contribution >= 4 is 53.7 Å². The van der Waals surface area contributed by atoms with Crippen LogP contribution in [-0.2, 0) is 109 Å². The molecule has 0 saturated heterocycles. The van der Waals surface area contributed by atoms with Crippen LogP contribution in [0.5, 0.6) is 0 Å². The van der Waals surface area contributed by atoms with Gasteiger partial charge >= 0.3 is 47.8 Å². The first-order valence-electron chi connectivity index (χ1n) is 32.0. The Kier molecular flexibility index (Phi) is 81.9. The summed E-state index contributed by atoms with van der Waals surface area (Å²) in [6.07, 6.45) is 0.429. The maximum absolute atomic E-state index is 10.8. The molecule has 0 aromatic carbocycles. The molecule has 0 fully saturated rings. The quantitative estimate of drug-likeness (QED) is 0.0226. The summed E-state index contributed by atoms with van der Waals surface area (Å²) in [6, 6.07) is 0. The highest BCUT2D eigenvalue weighted by Crippen LogP contribution is 2.02. The second kappa shape index (κ2) is 79.3. The minimum absolute atomic E-state index is 0.0282. The maximum Gasteiger partial charge on any atom is 0.333 e. The zero-order valence-corrected chi connectivity index (χ0v) is 58.6. The highest BCUT2D eigenvalue weighted by atomic mass is 16.6. The Hall–Kier alpha value is -7.71. The molecule has 0 radical (unpaired) electrons. The smallest absolute Gasteiger partial charge is 0.333 e. The number of esters is 8. The van der Waals surface area contributed by atoms with E-state index in [2.05, 4.69) is 102 Å². The summed E-state index contributed by atoms with van der Waals surface area (Å²) >= 11 is 0.